The summed E-state index contributed by atoms with van der Waals surface area (Å²) < 4.78 is 0. The Morgan fingerprint density at radius 3 is 2.74 bits per heavy atom. The molecule has 6 heteroatoms. The number of halogens is 1. The number of aliphatic hydroxyl groups is 1. The molecule has 0 bridgehead atoms. The van der Waals surface area contributed by atoms with Gasteiger partial charge in [0.2, 0.25) is 11.8 Å². The van der Waals surface area contributed by atoms with Crippen LogP contribution < -0.4 is 10.2 Å². The number of para-hydroxylation sites is 1. The van der Waals surface area contributed by atoms with E-state index in [2.05, 4.69) is 5.32 Å². The van der Waals surface area contributed by atoms with Crippen LogP contribution in [0.3, 0.4) is 0 Å². The van der Waals surface area contributed by atoms with Crippen molar-refractivity contribution >= 4 is 29.1 Å². The highest BCUT2D eigenvalue weighted by Gasteiger charge is 2.36. The number of carbonyl (C=O) groups excluding carboxylic acids is 2. The summed E-state index contributed by atoms with van der Waals surface area (Å²) >= 11 is 6.13. The number of carbonyl (C=O) groups is 2. The van der Waals surface area contributed by atoms with Crippen molar-refractivity contribution in [1.29, 1.82) is 0 Å². The van der Waals surface area contributed by atoms with Crippen molar-refractivity contribution < 1.29 is 14.7 Å². The Balaban J connectivity index is 2.00. The first-order chi connectivity index (χ1) is 10.7. The molecule has 5 nitrogen and oxygen atoms in total. The van der Waals surface area contributed by atoms with Crippen LogP contribution in [0.5, 0.6) is 0 Å². The molecule has 2 unspecified atom stereocenters. The van der Waals surface area contributed by atoms with Crippen LogP contribution in [0.2, 0.25) is 5.02 Å². The minimum absolute atomic E-state index is 0.0210. The lowest BCUT2D eigenvalue weighted by Crippen LogP contribution is -2.46. The molecular formula is C17H23ClN2O3. The Hall–Kier alpha value is -1.59. The average Bonchev–Trinajstić information content (AvgIpc) is 2.87. The van der Waals surface area contributed by atoms with Crippen molar-refractivity contribution in [2.45, 2.75) is 32.8 Å². The van der Waals surface area contributed by atoms with Crippen molar-refractivity contribution in [2.75, 3.05) is 18.0 Å². The average molecular weight is 339 g/mol. The number of hydrogen-bond donors (Lipinski definition) is 2. The quantitative estimate of drug-likeness (QED) is 0.864. The van der Waals surface area contributed by atoms with Crippen molar-refractivity contribution in [3.05, 3.63) is 29.3 Å². The molecule has 1 aromatic carbocycles. The topological polar surface area (TPSA) is 69.6 Å². The van der Waals surface area contributed by atoms with E-state index in [4.69, 9.17) is 11.6 Å². The summed E-state index contributed by atoms with van der Waals surface area (Å²) in [4.78, 5) is 26.0. The zero-order chi connectivity index (χ0) is 17.2. The predicted molar refractivity (Wildman–Crippen MR) is 90.4 cm³/mol. The van der Waals surface area contributed by atoms with Crippen LogP contribution in [0.4, 0.5) is 5.69 Å². The van der Waals surface area contributed by atoms with E-state index in [1.807, 2.05) is 19.9 Å². The Labute approximate surface area is 141 Å². The molecule has 2 rings (SSSR count). The summed E-state index contributed by atoms with van der Waals surface area (Å²) in [6, 6.07) is 7.09. The van der Waals surface area contributed by atoms with Gasteiger partial charge in [0.25, 0.3) is 0 Å². The maximum Gasteiger partial charge on any atom is 0.227 e. The Morgan fingerprint density at radius 1 is 1.48 bits per heavy atom. The molecule has 2 atom stereocenters. The molecule has 23 heavy (non-hydrogen) atoms. The summed E-state index contributed by atoms with van der Waals surface area (Å²) in [6.07, 6.45) is 0.154. The smallest absolute Gasteiger partial charge is 0.227 e. The van der Waals surface area contributed by atoms with Crippen molar-refractivity contribution in [3.63, 3.8) is 0 Å². The molecule has 2 N–H and O–H groups in total. The molecule has 126 valence electrons. The third kappa shape index (κ3) is 4.03. The van der Waals surface area contributed by atoms with E-state index < -0.39 is 11.5 Å². The Kier molecular flexibility index (Phi) is 5.32. The number of nitrogens with zero attached hydrogens (tertiary/aromatic N) is 1. The molecule has 0 aliphatic carbocycles. The predicted octanol–water partition coefficient (Wildman–Crippen LogP) is 2.22. The molecular weight excluding hydrogens is 316 g/mol. The first-order valence-electron chi connectivity index (χ1n) is 7.77. The van der Waals surface area contributed by atoms with Gasteiger partial charge in [-0.05, 0) is 25.0 Å². The number of amides is 2. The maximum atomic E-state index is 12.3. The van der Waals surface area contributed by atoms with Gasteiger partial charge >= 0.3 is 0 Å². The molecule has 0 radical (unpaired) electrons. The van der Waals surface area contributed by atoms with Crippen molar-refractivity contribution in [1.82, 2.24) is 5.32 Å². The van der Waals surface area contributed by atoms with E-state index >= 15 is 0 Å². The highest BCUT2D eigenvalue weighted by molar-refractivity contribution is 6.33. The lowest BCUT2D eigenvalue weighted by Gasteiger charge is -2.28. The molecule has 1 aromatic rings. The SMILES string of the molecule is CC(C)C(C)(O)CNC(=O)C1CC(=O)N(c2ccccc2Cl)C1. The lowest BCUT2D eigenvalue weighted by molar-refractivity contribution is -0.127. The highest BCUT2D eigenvalue weighted by Crippen LogP contribution is 2.31. The molecule has 0 spiro atoms. The molecule has 0 aromatic heterocycles. The lowest BCUT2D eigenvalue weighted by atomic mass is 9.92. The van der Waals surface area contributed by atoms with E-state index in [9.17, 15) is 14.7 Å². The Morgan fingerprint density at radius 2 is 2.13 bits per heavy atom. The summed E-state index contributed by atoms with van der Waals surface area (Å²) in [5.41, 5.74) is -0.343. The van der Waals surface area contributed by atoms with Gasteiger partial charge in [-0.2, -0.15) is 0 Å². The first kappa shape index (κ1) is 17.8. The monoisotopic (exact) mass is 338 g/mol. The van der Waals surface area contributed by atoms with Gasteiger partial charge in [0.05, 0.1) is 22.2 Å². The second-order valence-corrected chi connectivity index (χ2v) is 6.99. The standard InChI is InChI=1S/C17H23ClN2O3/c1-11(2)17(3,23)10-19-16(22)12-8-15(21)20(9-12)14-7-5-4-6-13(14)18/h4-7,11-12,23H,8-10H2,1-3H3,(H,19,22). The van der Waals surface area contributed by atoms with Crippen LogP contribution in [0.25, 0.3) is 0 Å². The van der Waals surface area contributed by atoms with Crippen LogP contribution in [-0.4, -0.2) is 35.6 Å². The van der Waals surface area contributed by atoms with E-state index in [0.29, 0.717) is 17.3 Å². The van der Waals surface area contributed by atoms with Gasteiger partial charge in [-0.15, -0.1) is 0 Å². The summed E-state index contributed by atoms with van der Waals surface area (Å²) in [5, 5.41) is 13.4. The number of hydrogen-bond acceptors (Lipinski definition) is 3. The largest absolute Gasteiger partial charge is 0.388 e. The van der Waals surface area contributed by atoms with Gasteiger partial charge in [0.1, 0.15) is 0 Å². The number of nitrogens with one attached hydrogen (secondary N) is 1. The van der Waals surface area contributed by atoms with Crippen molar-refractivity contribution in [3.8, 4) is 0 Å². The van der Waals surface area contributed by atoms with Crippen molar-refractivity contribution in [2.24, 2.45) is 11.8 Å². The van der Waals surface area contributed by atoms with Crippen LogP contribution >= 0.6 is 11.6 Å². The molecule has 2 amide bonds. The van der Waals surface area contributed by atoms with Gasteiger partial charge in [-0.1, -0.05) is 37.6 Å². The number of anilines is 1. The fraction of sp³-hybridized carbons (Fsp3) is 0.529. The summed E-state index contributed by atoms with van der Waals surface area (Å²) in [5.74, 6) is -0.739. The fourth-order valence-electron chi connectivity index (χ4n) is 2.40. The molecule has 1 heterocycles. The normalized spacial score (nSPS) is 20.7. The zero-order valence-corrected chi connectivity index (χ0v) is 14.4. The van der Waals surface area contributed by atoms with Gasteiger partial charge in [-0.3, -0.25) is 9.59 Å². The fourth-order valence-corrected chi connectivity index (χ4v) is 2.64. The molecule has 1 saturated heterocycles. The van der Waals surface area contributed by atoms with Gasteiger partial charge in [-0.25, -0.2) is 0 Å². The summed E-state index contributed by atoms with van der Waals surface area (Å²) in [7, 11) is 0. The van der Waals surface area contributed by atoms with E-state index in [1.54, 1.807) is 30.0 Å². The van der Waals surface area contributed by atoms with Gasteiger partial charge in [0, 0.05) is 19.5 Å². The maximum absolute atomic E-state index is 12.3. The highest BCUT2D eigenvalue weighted by atomic mass is 35.5. The molecule has 0 saturated carbocycles. The molecule has 1 aliphatic heterocycles. The van der Waals surface area contributed by atoms with Crippen LogP contribution in [0, 0.1) is 11.8 Å². The minimum Gasteiger partial charge on any atom is -0.388 e. The van der Waals surface area contributed by atoms with Gasteiger partial charge in [0.15, 0.2) is 0 Å². The zero-order valence-electron chi connectivity index (χ0n) is 13.7. The minimum atomic E-state index is -0.972. The number of rotatable bonds is 5. The molecule has 1 aliphatic rings. The van der Waals surface area contributed by atoms with E-state index in [-0.39, 0.29) is 30.7 Å². The third-order valence-electron chi connectivity index (χ3n) is 4.50. The van der Waals surface area contributed by atoms with E-state index in [1.165, 1.54) is 0 Å². The van der Waals surface area contributed by atoms with E-state index in [0.717, 1.165) is 0 Å². The third-order valence-corrected chi connectivity index (χ3v) is 4.82. The molecule has 1 fully saturated rings. The second-order valence-electron chi connectivity index (χ2n) is 6.59. The Bertz CT molecular complexity index is 601. The second kappa shape index (κ2) is 6.89. The number of benzene rings is 1. The van der Waals surface area contributed by atoms with Crippen LogP contribution in [-0.2, 0) is 9.59 Å². The van der Waals surface area contributed by atoms with Gasteiger partial charge < -0.3 is 15.3 Å². The van der Waals surface area contributed by atoms with Crippen LogP contribution in [0.15, 0.2) is 24.3 Å². The van der Waals surface area contributed by atoms with Crippen LogP contribution in [0.1, 0.15) is 27.2 Å². The first-order valence-corrected chi connectivity index (χ1v) is 8.15. The summed E-state index contributed by atoms with van der Waals surface area (Å²) in [6.45, 7) is 5.95.